The van der Waals surface area contributed by atoms with Gasteiger partial charge in [-0.05, 0) is 24.6 Å². The van der Waals surface area contributed by atoms with E-state index in [0.29, 0.717) is 37.6 Å². The van der Waals surface area contributed by atoms with Crippen LogP contribution in [0.1, 0.15) is 24.9 Å². The van der Waals surface area contributed by atoms with Crippen LogP contribution >= 0.6 is 11.6 Å². The number of carbonyl (C=O) groups excluding carboxylic acids is 2. The van der Waals surface area contributed by atoms with Crippen LogP contribution in [0.5, 0.6) is 0 Å². The molecular weight excluding hydrogens is 316 g/mol. The molecule has 2 unspecified atom stereocenters. The van der Waals surface area contributed by atoms with Gasteiger partial charge in [0.15, 0.2) is 0 Å². The van der Waals surface area contributed by atoms with Crippen LogP contribution in [-0.4, -0.2) is 53.8 Å². The summed E-state index contributed by atoms with van der Waals surface area (Å²) in [7, 11) is 0. The minimum absolute atomic E-state index is 0.0572. The average Bonchev–Trinajstić information content (AvgIpc) is 2.49. The first-order chi connectivity index (χ1) is 10.9. The van der Waals surface area contributed by atoms with E-state index in [1.165, 1.54) is 0 Å². The van der Waals surface area contributed by atoms with Crippen molar-refractivity contribution in [2.24, 2.45) is 11.5 Å². The van der Waals surface area contributed by atoms with E-state index in [2.05, 4.69) is 0 Å². The minimum atomic E-state index is -0.502. The monoisotopic (exact) mass is 338 g/mol. The summed E-state index contributed by atoms with van der Waals surface area (Å²) in [6.07, 6.45) is 0.344. The number of carbonyl (C=O) groups is 2. The zero-order chi connectivity index (χ0) is 17.0. The molecule has 7 heteroatoms. The summed E-state index contributed by atoms with van der Waals surface area (Å²) in [6.45, 7) is 4.16. The van der Waals surface area contributed by atoms with Gasteiger partial charge >= 0.3 is 0 Å². The first-order valence-corrected chi connectivity index (χ1v) is 8.08. The van der Waals surface area contributed by atoms with Crippen LogP contribution in [0, 0.1) is 0 Å². The van der Waals surface area contributed by atoms with Crippen molar-refractivity contribution in [2.45, 2.75) is 25.4 Å². The molecule has 2 atom stereocenters. The summed E-state index contributed by atoms with van der Waals surface area (Å²) in [5.41, 5.74) is 12.1. The molecule has 6 nitrogen and oxygen atoms in total. The maximum Gasteiger partial charge on any atom is 0.239 e. The Bertz CT molecular complexity index is 554. The second kappa shape index (κ2) is 7.77. The molecule has 4 N–H and O–H groups in total. The predicted octanol–water partition coefficient (Wildman–Crippen LogP) is 0.748. The molecule has 23 heavy (non-hydrogen) atoms. The van der Waals surface area contributed by atoms with Gasteiger partial charge < -0.3 is 16.4 Å². The molecule has 0 bridgehead atoms. The Kier molecular flexibility index (Phi) is 5.98. The summed E-state index contributed by atoms with van der Waals surface area (Å²) in [4.78, 5) is 27.7. The van der Waals surface area contributed by atoms with Gasteiger partial charge in [0.2, 0.25) is 11.8 Å². The van der Waals surface area contributed by atoms with Gasteiger partial charge in [-0.15, -0.1) is 0 Å². The Hall–Kier alpha value is -1.63. The van der Waals surface area contributed by atoms with Crippen molar-refractivity contribution in [3.63, 3.8) is 0 Å². The van der Waals surface area contributed by atoms with E-state index in [1.807, 2.05) is 24.0 Å². The highest BCUT2D eigenvalue weighted by atomic mass is 35.5. The highest BCUT2D eigenvalue weighted by Gasteiger charge is 2.30. The number of rotatable bonds is 5. The number of nitrogens with two attached hydrogens (primary N) is 2. The fourth-order valence-electron chi connectivity index (χ4n) is 2.83. The van der Waals surface area contributed by atoms with Crippen molar-refractivity contribution in [3.05, 3.63) is 34.9 Å². The molecule has 1 heterocycles. The molecule has 1 aliphatic heterocycles. The number of hydrogen-bond donors (Lipinski definition) is 2. The molecule has 0 radical (unpaired) electrons. The van der Waals surface area contributed by atoms with Crippen LogP contribution in [-0.2, 0) is 9.59 Å². The van der Waals surface area contributed by atoms with Crippen molar-refractivity contribution in [2.75, 3.05) is 26.2 Å². The summed E-state index contributed by atoms with van der Waals surface area (Å²) < 4.78 is 0. The first-order valence-electron chi connectivity index (χ1n) is 7.70. The van der Waals surface area contributed by atoms with Crippen LogP contribution in [0.3, 0.4) is 0 Å². The molecule has 1 aromatic rings. The number of hydrogen-bond acceptors (Lipinski definition) is 4. The summed E-state index contributed by atoms with van der Waals surface area (Å²) >= 11 is 5.89. The van der Waals surface area contributed by atoms with Gasteiger partial charge in [0.05, 0.1) is 0 Å². The van der Waals surface area contributed by atoms with E-state index in [0.717, 1.165) is 5.56 Å². The zero-order valence-corrected chi connectivity index (χ0v) is 14.0. The Morgan fingerprint density at radius 3 is 2.22 bits per heavy atom. The van der Waals surface area contributed by atoms with E-state index in [4.69, 9.17) is 23.1 Å². The normalized spacial score (nSPS) is 18.5. The number of halogens is 1. The number of nitrogens with zero attached hydrogens (tertiary/aromatic N) is 2. The maximum atomic E-state index is 12.0. The molecule has 1 fully saturated rings. The van der Waals surface area contributed by atoms with Crippen molar-refractivity contribution in [1.82, 2.24) is 9.80 Å². The largest absolute Gasteiger partial charge is 0.368 e. The fraction of sp³-hybridized carbons (Fsp3) is 0.500. The molecule has 0 aromatic heterocycles. The zero-order valence-electron chi connectivity index (χ0n) is 13.2. The highest BCUT2D eigenvalue weighted by Crippen LogP contribution is 2.23. The van der Waals surface area contributed by atoms with E-state index in [1.54, 1.807) is 17.0 Å². The molecule has 2 amide bonds. The summed E-state index contributed by atoms with van der Waals surface area (Å²) in [6, 6.07) is 6.47. The Labute approximate surface area is 141 Å². The van der Waals surface area contributed by atoms with Crippen LogP contribution < -0.4 is 11.5 Å². The second-order valence-corrected chi connectivity index (χ2v) is 6.39. The van der Waals surface area contributed by atoms with Gasteiger partial charge in [0.1, 0.15) is 6.04 Å². The fourth-order valence-corrected chi connectivity index (χ4v) is 2.96. The lowest BCUT2D eigenvalue weighted by atomic mass is 10.0. The number of amides is 2. The predicted molar refractivity (Wildman–Crippen MR) is 89.8 cm³/mol. The lowest BCUT2D eigenvalue weighted by molar-refractivity contribution is -0.134. The first kappa shape index (κ1) is 17.7. The molecular formula is C16H23ClN4O2. The van der Waals surface area contributed by atoms with E-state index >= 15 is 0 Å². The minimum Gasteiger partial charge on any atom is -0.368 e. The highest BCUT2D eigenvalue weighted by molar-refractivity contribution is 6.30. The quantitative estimate of drug-likeness (QED) is 0.828. The SMILES string of the molecule is CC(N)CC(=O)N1CCN(C(C(N)=O)c2ccc(Cl)cc2)CC1. The molecule has 0 spiro atoms. The maximum absolute atomic E-state index is 12.0. The van der Waals surface area contributed by atoms with Crippen LogP contribution in [0.2, 0.25) is 5.02 Å². The molecule has 1 aromatic carbocycles. The van der Waals surface area contributed by atoms with Crippen LogP contribution in [0.4, 0.5) is 0 Å². The van der Waals surface area contributed by atoms with E-state index in [-0.39, 0.29) is 11.9 Å². The van der Waals surface area contributed by atoms with Gasteiger partial charge in [0, 0.05) is 43.7 Å². The van der Waals surface area contributed by atoms with Crippen molar-refractivity contribution < 1.29 is 9.59 Å². The topological polar surface area (TPSA) is 92.7 Å². The van der Waals surface area contributed by atoms with E-state index < -0.39 is 11.9 Å². The third-order valence-electron chi connectivity index (χ3n) is 3.98. The Balaban J connectivity index is 2.02. The van der Waals surface area contributed by atoms with Crippen LogP contribution in [0.25, 0.3) is 0 Å². The van der Waals surface area contributed by atoms with Gasteiger partial charge in [-0.25, -0.2) is 0 Å². The number of benzene rings is 1. The molecule has 1 saturated heterocycles. The van der Waals surface area contributed by atoms with Crippen molar-refractivity contribution in [1.29, 1.82) is 0 Å². The third kappa shape index (κ3) is 4.67. The molecule has 126 valence electrons. The van der Waals surface area contributed by atoms with Crippen molar-refractivity contribution in [3.8, 4) is 0 Å². The molecule has 2 rings (SSSR count). The smallest absolute Gasteiger partial charge is 0.239 e. The Morgan fingerprint density at radius 1 is 1.17 bits per heavy atom. The van der Waals surface area contributed by atoms with Crippen molar-refractivity contribution >= 4 is 23.4 Å². The van der Waals surface area contributed by atoms with E-state index in [9.17, 15) is 9.59 Å². The second-order valence-electron chi connectivity index (χ2n) is 5.95. The number of primary amides is 1. The Morgan fingerprint density at radius 2 is 1.74 bits per heavy atom. The lowest BCUT2D eigenvalue weighted by Crippen LogP contribution is -2.52. The molecule has 0 aliphatic carbocycles. The van der Waals surface area contributed by atoms with Gasteiger partial charge in [0.25, 0.3) is 0 Å². The average molecular weight is 339 g/mol. The number of piperazine rings is 1. The molecule has 0 saturated carbocycles. The van der Waals surface area contributed by atoms with Gasteiger partial charge in [-0.1, -0.05) is 23.7 Å². The molecule has 1 aliphatic rings. The lowest BCUT2D eigenvalue weighted by Gasteiger charge is -2.38. The third-order valence-corrected chi connectivity index (χ3v) is 4.24. The van der Waals surface area contributed by atoms with Crippen LogP contribution in [0.15, 0.2) is 24.3 Å². The summed E-state index contributed by atoms with van der Waals surface area (Å²) in [5.74, 6) is -0.343. The standard InChI is InChI=1S/C16H23ClN4O2/c1-11(18)10-14(22)20-6-8-21(9-7-20)15(16(19)23)12-2-4-13(17)5-3-12/h2-5,11,15H,6-10,18H2,1H3,(H2,19,23). The van der Waals surface area contributed by atoms with Gasteiger partial charge in [-0.2, -0.15) is 0 Å². The summed E-state index contributed by atoms with van der Waals surface area (Å²) in [5, 5.41) is 0.614. The van der Waals surface area contributed by atoms with Gasteiger partial charge in [-0.3, -0.25) is 14.5 Å².